The van der Waals surface area contributed by atoms with E-state index in [1.54, 1.807) is 6.26 Å². The van der Waals surface area contributed by atoms with E-state index in [4.69, 9.17) is 9.41 Å². The van der Waals surface area contributed by atoms with Crippen molar-refractivity contribution in [2.24, 2.45) is 4.99 Å². The smallest absolute Gasteiger partial charge is 0.191 e. The highest BCUT2D eigenvalue weighted by Gasteiger charge is 2.25. The van der Waals surface area contributed by atoms with Crippen LogP contribution in [-0.4, -0.2) is 42.0 Å². The van der Waals surface area contributed by atoms with E-state index in [1.807, 2.05) is 12.1 Å². The number of furan rings is 1. The van der Waals surface area contributed by atoms with Crippen molar-refractivity contribution in [3.05, 3.63) is 60.2 Å². The van der Waals surface area contributed by atoms with Crippen molar-refractivity contribution >= 4 is 16.9 Å². The van der Waals surface area contributed by atoms with Crippen molar-refractivity contribution in [3.8, 4) is 0 Å². The van der Waals surface area contributed by atoms with Gasteiger partial charge in [0.2, 0.25) is 0 Å². The summed E-state index contributed by atoms with van der Waals surface area (Å²) in [5, 5.41) is 8.09. The van der Waals surface area contributed by atoms with Gasteiger partial charge in [-0.25, -0.2) is 4.99 Å². The zero-order valence-corrected chi connectivity index (χ0v) is 16.4. The number of rotatable bonds is 7. The zero-order valence-electron chi connectivity index (χ0n) is 16.4. The van der Waals surface area contributed by atoms with Gasteiger partial charge in [0, 0.05) is 24.3 Å². The Morgan fingerprint density at radius 3 is 2.79 bits per heavy atom. The van der Waals surface area contributed by atoms with E-state index in [-0.39, 0.29) is 6.04 Å². The van der Waals surface area contributed by atoms with Crippen LogP contribution in [0.1, 0.15) is 37.3 Å². The van der Waals surface area contributed by atoms with E-state index in [2.05, 4.69) is 57.8 Å². The first-order valence-electron chi connectivity index (χ1n) is 10.2. The topological polar surface area (TPSA) is 68.6 Å². The van der Waals surface area contributed by atoms with Gasteiger partial charge in [-0.3, -0.25) is 4.90 Å². The normalized spacial score (nSPS) is 16.5. The van der Waals surface area contributed by atoms with Crippen LogP contribution < -0.4 is 10.6 Å². The largest absolute Gasteiger partial charge is 0.468 e. The molecule has 1 atom stereocenters. The van der Waals surface area contributed by atoms with Gasteiger partial charge < -0.3 is 20.0 Å². The lowest BCUT2D eigenvalue weighted by Gasteiger charge is -2.26. The Balaban J connectivity index is 1.43. The van der Waals surface area contributed by atoms with Gasteiger partial charge in [0.1, 0.15) is 5.76 Å². The number of hydrogen-bond donors (Lipinski definition) is 3. The maximum atomic E-state index is 5.72. The highest BCUT2D eigenvalue weighted by atomic mass is 16.3. The molecule has 1 fully saturated rings. The van der Waals surface area contributed by atoms with E-state index in [0.717, 1.165) is 49.1 Å². The molecule has 0 radical (unpaired) electrons. The van der Waals surface area contributed by atoms with Crippen molar-refractivity contribution < 1.29 is 4.42 Å². The number of aromatic amines is 1. The summed E-state index contributed by atoms with van der Waals surface area (Å²) in [4.78, 5) is 10.7. The Labute approximate surface area is 166 Å². The molecule has 1 aliphatic rings. The van der Waals surface area contributed by atoms with Crippen LogP contribution in [0.25, 0.3) is 10.9 Å². The maximum Gasteiger partial charge on any atom is 0.191 e. The number of para-hydroxylation sites is 1. The first-order valence-corrected chi connectivity index (χ1v) is 10.2. The molecule has 3 N–H and O–H groups in total. The fraction of sp³-hybridized carbons (Fsp3) is 0.409. The average molecular weight is 380 g/mol. The monoisotopic (exact) mass is 379 g/mol. The zero-order chi connectivity index (χ0) is 19.2. The average Bonchev–Trinajstić information content (AvgIpc) is 3.47. The molecule has 28 heavy (non-hydrogen) atoms. The third-order valence-electron chi connectivity index (χ3n) is 5.25. The SMILES string of the molecule is CCNC(=NCc1cc2ccccc2[nH]1)NCC(c1ccco1)N1CCCC1. The van der Waals surface area contributed by atoms with E-state index in [9.17, 15) is 0 Å². The predicted molar refractivity (Wildman–Crippen MR) is 113 cm³/mol. The summed E-state index contributed by atoms with van der Waals surface area (Å²) < 4.78 is 5.72. The second-order valence-corrected chi connectivity index (χ2v) is 7.23. The molecule has 4 rings (SSSR count). The van der Waals surface area contributed by atoms with Crippen LogP contribution in [0.2, 0.25) is 0 Å². The van der Waals surface area contributed by atoms with Crippen LogP contribution in [0.15, 0.2) is 58.1 Å². The number of likely N-dealkylation sites (tertiary alicyclic amines) is 1. The van der Waals surface area contributed by atoms with Gasteiger partial charge in [0.25, 0.3) is 0 Å². The molecule has 0 bridgehead atoms. The van der Waals surface area contributed by atoms with E-state index >= 15 is 0 Å². The lowest BCUT2D eigenvalue weighted by atomic mass is 10.2. The van der Waals surface area contributed by atoms with E-state index < -0.39 is 0 Å². The van der Waals surface area contributed by atoms with Crippen LogP contribution in [0.5, 0.6) is 0 Å². The first kappa shape index (κ1) is 18.6. The maximum absolute atomic E-state index is 5.72. The second kappa shape index (κ2) is 8.97. The minimum atomic E-state index is 0.231. The minimum absolute atomic E-state index is 0.231. The third kappa shape index (κ3) is 4.39. The highest BCUT2D eigenvalue weighted by molar-refractivity contribution is 5.81. The summed E-state index contributed by atoms with van der Waals surface area (Å²) >= 11 is 0. The van der Waals surface area contributed by atoms with Crippen LogP contribution in [0, 0.1) is 0 Å². The Kier molecular flexibility index (Phi) is 5.97. The van der Waals surface area contributed by atoms with Gasteiger partial charge >= 0.3 is 0 Å². The molecule has 1 saturated heterocycles. The van der Waals surface area contributed by atoms with Crippen LogP contribution in [-0.2, 0) is 6.54 Å². The Bertz CT molecular complexity index is 860. The van der Waals surface area contributed by atoms with E-state index in [1.165, 1.54) is 18.2 Å². The van der Waals surface area contributed by atoms with Gasteiger partial charge in [0.05, 0.1) is 18.8 Å². The van der Waals surface area contributed by atoms with Crippen molar-refractivity contribution in [2.45, 2.75) is 32.4 Å². The standard InChI is InChI=1S/C22H29N5O/c1-2-23-22(24-15-18-14-17-8-3-4-9-19(17)26-18)25-16-20(21-10-7-13-28-21)27-11-5-6-12-27/h3-4,7-10,13-14,20,26H,2,5-6,11-12,15-16H2,1H3,(H2,23,24,25). The van der Waals surface area contributed by atoms with Crippen molar-refractivity contribution in [2.75, 3.05) is 26.2 Å². The lowest BCUT2D eigenvalue weighted by Crippen LogP contribution is -2.42. The van der Waals surface area contributed by atoms with E-state index in [0.29, 0.717) is 6.54 Å². The number of aromatic nitrogens is 1. The molecule has 0 spiro atoms. The third-order valence-corrected chi connectivity index (χ3v) is 5.25. The van der Waals surface area contributed by atoms with Crippen molar-refractivity contribution in [3.63, 3.8) is 0 Å². The van der Waals surface area contributed by atoms with Crippen LogP contribution in [0.4, 0.5) is 0 Å². The molecule has 0 saturated carbocycles. The summed E-state index contributed by atoms with van der Waals surface area (Å²) in [6.07, 6.45) is 4.27. The Morgan fingerprint density at radius 1 is 1.18 bits per heavy atom. The molecule has 148 valence electrons. The number of aliphatic imine (C=N–C) groups is 1. The summed E-state index contributed by atoms with van der Waals surface area (Å²) in [5.74, 6) is 1.85. The lowest BCUT2D eigenvalue weighted by molar-refractivity contribution is 0.215. The molecule has 6 nitrogen and oxygen atoms in total. The highest BCUT2D eigenvalue weighted by Crippen LogP contribution is 2.24. The molecule has 0 amide bonds. The van der Waals surface area contributed by atoms with Gasteiger partial charge in [-0.15, -0.1) is 0 Å². The predicted octanol–water partition coefficient (Wildman–Crippen LogP) is 3.65. The van der Waals surface area contributed by atoms with Crippen molar-refractivity contribution in [1.82, 2.24) is 20.5 Å². The Morgan fingerprint density at radius 2 is 2.04 bits per heavy atom. The summed E-state index contributed by atoms with van der Waals surface area (Å²) in [6, 6.07) is 14.7. The van der Waals surface area contributed by atoms with Crippen LogP contribution >= 0.6 is 0 Å². The number of hydrogen-bond acceptors (Lipinski definition) is 3. The summed E-state index contributed by atoms with van der Waals surface area (Å²) in [6.45, 7) is 6.54. The number of benzene rings is 1. The molecule has 2 aromatic heterocycles. The first-order chi connectivity index (χ1) is 13.8. The second-order valence-electron chi connectivity index (χ2n) is 7.23. The van der Waals surface area contributed by atoms with Gasteiger partial charge in [-0.1, -0.05) is 18.2 Å². The molecule has 1 unspecified atom stereocenters. The molecule has 3 aromatic rings. The number of fused-ring (bicyclic) bond motifs is 1. The molecular formula is C22H29N5O. The fourth-order valence-corrected chi connectivity index (χ4v) is 3.86. The molecule has 0 aliphatic carbocycles. The van der Waals surface area contributed by atoms with Crippen molar-refractivity contribution in [1.29, 1.82) is 0 Å². The molecule has 1 aromatic carbocycles. The van der Waals surface area contributed by atoms with Gasteiger partial charge in [0.15, 0.2) is 5.96 Å². The molecule has 3 heterocycles. The number of nitrogens with zero attached hydrogens (tertiary/aromatic N) is 2. The minimum Gasteiger partial charge on any atom is -0.468 e. The van der Waals surface area contributed by atoms with Crippen LogP contribution in [0.3, 0.4) is 0 Å². The number of H-pyrrole nitrogens is 1. The van der Waals surface area contributed by atoms with Gasteiger partial charge in [-0.05, 0) is 62.5 Å². The Hall–Kier alpha value is -2.73. The number of nitrogens with one attached hydrogen (secondary N) is 3. The van der Waals surface area contributed by atoms with Gasteiger partial charge in [-0.2, -0.15) is 0 Å². The fourth-order valence-electron chi connectivity index (χ4n) is 3.86. The number of guanidine groups is 1. The quantitative estimate of drug-likeness (QED) is 0.433. The molecule has 6 heteroatoms. The molecular weight excluding hydrogens is 350 g/mol. The summed E-state index contributed by atoms with van der Waals surface area (Å²) in [5.41, 5.74) is 2.26. The summed E-state index contributed by atoms with van der Waals surface area (Å²) in [7, 11) is 0. The molecule has 1 aliphatic heterocycles.